The van der Waals surface area contributed by atoms with E-state index in [0.717, 1.165) is 17.1 Å². The molecule has 8 heteroatoms. The number of hydrogen-bond donors (Lipinski definition) is 0. The van der Waals surface area contributed by atoms with Gasteiger partial charge in [-0.15, -0.1) is 23.5 Å². The molecule has 2 heterocycles. The van der Waals surface area contributed by atoms with Crippen LogP contribution in [0.15, 0.2) is 30.3 Å². The van der Waals surface area contributed by atoms with Crippen molar-refractivity contribution in [3.05, 3.63) is 35.9 Å². The standard InChI is InChI=1S/C20H27NO5S2/c1-3-24-19(23)20(12-18-27-9-10-28-18)11-17(14-25-15(2)22)26-21(20)13-16-7-5-4-6-8-16/h4-8,17-18H,3,9-14H2,1-2H3/t17-,20+/m1/s1. The minimum Gasteiger partial charge on any atom is -0.465 e. The lowest BCUT2D eigenvalue weighted by Crippen LogP contribution is -2.51. The molecular weight excluding hydrogens is 398 g/mol. The van der Waals surface area contributed by atoms with Gasteiger partial charge in [-0.1, -0.05) is 30.3 Å². The van der Waals surface area contributed by atoms with Crippen molar-refractivity contribution in [1.82, 2.24) is 5.06 Å². The fraction of sp³-hybridized carbons (Fsp3) is 0.600. The molecule has 154 valence electrons. The maximum absolute atomic E-state index is 13.2. The SMILES string of the molecule is CCOC(=O)[C@@]1(CC2SCCS2)C[C@H](COC(C)=O)ON1Cc1ccccc1. The Labute approximate surface area is 174 Å². The highest BCUT2D eigenvalue weighted by Gasteiger charge is 2.55. The van der Waals surface area contributed by atoms with Gasteiger partial charge in [-0.2, -0.15) is 5.06 Å². The Morgan fingerprint density at radius 2 is 1.93 bits per heavy atom. The summed E-state index contributed by atoms with van der Waals surface area (Å²) in [5.41, 5.74) is 0.169. The monoisotopic (exact) mass is 425 g/mol. The zero-order valence-corrected chi connectivity index (χ0v) is 17.9. The first-order chi connectivity index (χ1) is 13.5. The van der Waals surface area contributed by atoms with Crippen molar-refractivity contribution in [1.29, 1.82) is 0 Å². The fourth-order valence-electron chi connectivity index (χ4n) is 3.55. The topological polar surface area (TPSA) is 65.1 Å². The van der Waals surface area contributed by atoms with Crippen LogP contribution in [-0.2, 0) is 30.4 Å². The van der Waals surface area contributed by atoms with E-state index in [1.54, 1.807) is 5.06 Å². The van der Waals surface area contributed by atoms with Crippen LogP contribution in [0.2, 0.25) is 0 Å². The number of benzene rings is 1. The summed E-state index contributed by atoms with van der Waals surface area (Å²) in [6.07, 6.45) is 0.724. The third-order valence-electron chi connectivity index (χ3n) is 4.81. The van der Waals surface area contributed by atoms with E-state index in [9.17, 15) is 9.59 Å². The van der Waals surface area contributed by atoms with E-state index in [0.29, 0.717) is 30.6 Å². The minimum atomic E-state index is -0.883. The van der Waals surface area contributed by atoms with Gasteiger partial charge < -0.3 is 9.47 Å². The van der Waals surface area contributed by atoms with Crippen molar-refractivity contribution < 1.29 is 23.9 Å². The van der Waals surface area contributed by atoms with Crippen molar-refractivity contribution in [2.24, 2.45) is 0 Å². The second-order valence-electron chi connectivity index (χ2n) is 6.88. The molecule has 28 heavy (non-hydrogen) atoms. The van der Waals surface area contributed by atoms with Gasteiger partial charge in [0.2, 0.25) is 0 Å². The average Bonchev–Trinajstić information content (AvgIpc) is 3.30. The van der Waals surface area contributed by atoms with Crippen LogP contribution < -0.4 is 0 Å². The predicted octanol–water partition coefficient (Wildman–Crippen LogP) is 3.25. The van der Waals surface area contributed by atoms with E-state index < -0.39 is 5.54 Å². The molecule has 2 aliphatic rings. The Morgan fingerprint density at radius 3 is 2.57 bits per heavy atom. The Kier molecular flexibility index (Phi) is 7.68. The second-order valence-corrected chi connectivity index (χ2v) is 9.80. The molecule has 0 aliphatic carbocycles. The first-order valence-electron chi connectivity index (χ1n) is 9.55. The molecule has 0 unspecified atom stereocenters. The van der Waals surface area contributed by atoms with Crippen LogP contribution in [0, 0.1) is 0 Å². The molecule has 6 nitrogen and oxygen atoms in total. The fourth-order valence-corrected chi connectivity index (χ4v) is 6.60. The van der Waals surface area contributed by atoms with Gasteiger partial charge >= 0.3 is 11.9 Å². The first kappa shape index (κ1) is 21.5. The highest BCUT2D eigenvalue weighted by Crippen LogP contribution is 2.45. The summed E-state index contributed by atoms with van der Waals surface area (Å²) >= 11 is 3.76. The number of hydroxylamine groups is 2. The Balaban J connectivity index is 1.86. The molecule has 0 aromatic heterocycles. The molecule has 0 amide bonds. The minimum absolute atomic E-state index is 0.132. The molecule has 0 saturated carbocycles. The van der Waals surface area contributed by atoms with Crippen LogP contribution in [0.25, 0.3) is 0 Å². The van der Waals surface area contributed by atoms with Gasteiger partial charge in [-0.05, 0) is 18.9 Å². The largest absolute Gasteiger partial charge is 0.465 e. The van der Waals surface area contributed by atoms with E-state index in [4.69, 9.17) is 14.3 Å². The van der Waals surface area contributed by atoms with Crippen LogP contribution in [0.4, 0.5) is 0 Å². The highest BCUT2D eigenvalue weighted by atomic mass is 32.2. The van der Waals surface area contributed by atoms with Crippen LogP contribution >= 0.6 is 23.5 Å². The molecule has 2 atom stereocenters. The van der Waals surface area contributed by atoms with Gasteiger partial charge in [0.1, 0.15) is 18.2 Å². The van der Waals surface area contributed by atoms with E-state index >= 15 is 0 Å². The van der Waals surface area contributed by atoms with E-state index in [1.807, 2.05) is 60.8 Å². The maximum atomic E-state index is 13.2. The van der Waals surface area contributed by atoms with Crippen molar-refractivity contribution in [3.63, 3.8) is 0 Å². The quantitative estimate of drug-likeness (QED) is 0.588. The first-order valence-corrected chi connectivity index (χ1v) is 11.7. The maximum Gasteiger partial charge on any atom is 0.329 e. The molecule has 0 N–H and O–H groups in total. The van der Waals surface area contributed by atoms with Crippen molar-refractivity contribution in [2.75, 3.05) is 24.7 Å². The summed E-state index contributed by atoms with van der Waals surface area (Å²) in [6, 6.07) is 9.92. The van der Waals surface area contributed by atoms with Crippen LogP contribution in [0.5, 0.6) is 0 Å². The lowest BCUT2D eigenvalue weighted by atomic mass is 9.89. The number of esters is 2. The van der Waals surface area contributed by atoms with Crippen LogP contribution in [0.1, 0.15) is 32.3 Å². The molecule has 2 aliphatic heterocycles. The number of thioether (sulfide) groups is 2. The van der Waals surface area contributed by atoms with Gasteiger partial charge in [0.25, 0.3) is 0 Å². The highest BCUT2D eigenvalue weighted by molar-refractivity contribution is 8.20. The molecule has 2 saturated heterocycles. The van der Waals surface area contributed by atoms with Gasteiger partial charge in [-0.3, -0.25) is 9.63 Å². The number of carbonyl (C=O) groups is 2. The second kappa shape index (κ2) is 10.0. The lowest BCUT2D eigenvalue weighted by Gasteiger charge is -2.35. The normalized spacial score (nSPS) is 25.7. The number of nitrogens with zero attached hydrogens (tertiary/aromatic N) is 1. The Hall–Kier alpha value is -1.22. The van der Waals surface area contributed by atoms with Gasteiger partial charge in [0.05, 0.1) is 17.7 Å². The predicted molar refractivity (Wildman–Crippen MR) is 111 cm³/mol. The molecule has 3 rings (SSSR count). The number of rotatable bonds is 8. The summed E-state index contributed by atoms with van der Waals surface area (Å²) in [5, 5.41) is 1.77. The van der Waals surface area contributed by atoms with Crippen LogP contribution in [0.3, 0.4) is 0 Å². The van der Waals surface area contributed by atoms with Crippen molar-refractivity contribution >= 4 is 35.5 Å². The van der Waals surface area contributed by atoms with Gasteiger partial charge in [-0.25, -0.2) is 4.79 Å². The van der Waals surface area contributed by atoms with Gasteiger partial charge in [0, 0.05) is 24.9 Å². The zero-order valence-electron chi connectivity index (χ0n) is 16.3. The number of carbonyl (C=O) groups excluding carboxylic acids is 2. The van der Waals surface area contributed by atoms with E-state index in [1.165, 1.54) is 6.92 Å². The molecular formula is C20H27NO5S2. The van der Waals surface area contributed by atoms with Crippen molar-refractivity contribution in [3.8, 4) is 0 Å². The summed E-state index contributed by atoms with van der Waals surface area (Å²) in [7, 11) is 0. The summed E-state index contributed by atoms with van der Waals surface area (Å²) in [4.78, 5) is 30.6. The third-order valence-corrected chi connectivity index (χ3v) is 7.84. The molecule has 1 aromatic rings. The number of ether oxygens (including phenoxy) is 2. The Bertz CT molecular complexity index is 668. The number of hydrogen-bond acceptors (Lipinski definition) is 8. The zero-order chi connectivity index (χ0) is 20.0. The molecule has 2 fully saturated rings. The summed E-state index contributed by atoms with van der Waals surface area (Å²) in [5.74, 6) is 1.56. The van der Waals surface area contributed by atoms with Crippen molar-refractivity contribution in [2.45, 2.75) is 49.5 Å². The molecule has 1 aromatic carbocycles. The van der Waals surface area contributed by atoms with Crippen LogP contribution in [-0.4, -0.2) is 57.9 Å². The van der Waals surface area contributed by atoms with Gasteiger partial charge in [0.15, 0.2) is 0 Å². The lowest BCUT2D eigenvalue weighted by molar-refractivity contribution is -0.215. The Morgan fingerprint density at radius 1 is 1.21 bits per heavy atom. The summed E-state index contributed by atoms with van der Waals surface area (Å²) < 4.78 is 11.0. The molecule has 0 radical (unpaired) electrons. The smallest absolute Gasteiger partial charge is 0.329 e. The van der Waals surface area contributed by atoms with E-state index in [2.05, 4.69) is 0 Å². The molecule has 0 spiro atoms. The average molecular weight is 426 g/mol. The van der Waals surface area contributed by atoms with E-state index in [-0.39, 0.29) is 24.6 Å². The summed E-state index contributed by atoms with van der Waals surface area (Å²) in [6.45, 7) is 4.11. The third kappa shape index (κ3) is 5.23. The molecule has 0 bridgehead atoms.